The summed E-state index contributed by atoms with van der Waals surface area (Å²) in [5.74, 6) is -0.309. The normalized spacial score (nSPS) is 10.9. The Morgan fingerprint density at radius 2 is 1.95 bits per heavy atom. The minimum Gasteiger partial charge on any atom is -0.493 e. The Morgan fingerprint density at radius 3 is 2.48 bits per heavy atom. The van der Waals surface area contributed by atoms with Crippen molar-refractivity contribution in [2.45, 2.75) is 32.7 Å². The van der Waals surface area contributed by atoms with E-state index < -0.39 is 11.5 Å². The highest BCUT2D eigenvalue weighted by atomic mass is 16.5. The maximum atomic E-state index is 12.2. The van der Waals surface area contributed by atoms with Gasteiger partial charge in [-0.05, 0) is 39.0 Å². The molecule has 1 amide bonds. The second-order valence-corrected chi connectivity index (χ2v) is 5.21. The standard InChI is InChI=1S/C15H21NO5/c1-5-21-12-8-10(6-7-11(12)20-4)14(19)16-15(2,3)9-13(17)18/h6-8H,5,9H2,1-4H3,(H,16,19)(H,17,18). The van der Waals surface area contributed by atoms with Gasteiger partial charge in [0.1, 0.15) is 0 Å². The molecule has 0 aliphatic rings. The summed E-state index contributed by atoms with van der Waals surface area (Å²) in [5, 5.41) is 11.5. The van der Waals surface area contributed by atoms with Crippen LogP contribution >= 0.6 is 0 Å². The maximum Gasteiger partial charge on any atom is 0.305 e. The van der Waals surface area contributed by atoms with E-state index in [4.69, 9.17) is 14.6 Å². The fourth-order valence-electron chi connectivity index (χ4n) is 1.89. The Kier molecular flexibility index (Phi) is 5.58. The number of carbonyl (C=O) groups excluding carboxylic acids is 1. The van der Waals surface area contributed by atoms with Gasteiger partial charge in [0.05, 0.1) is 20.1 Å². The van der Waals surface area contributed by atoms with Crippen LogP contribution in [0.2, 0.25) is 0 Å². The van der Waals surface area contributed by atoms with Crippen LogP contribution in [-0.2, 0) is 4.79 Å². The van der Waals surface area contributed by atoms with E-state index in [-0.39, 0.29) is 12.3 Å². The van der Waals surface area contributed by atoms with Gasteiger partial charge in [-0.3, -0.25) is 9.59 Å². The molecule has 0 aromatic heterocycles. The Hall–Kier alpha value is -2.24. The first-order chi connectivity index (χ1) is 9.79. The van der Waals surface area contributed by atoms with E-state index in [0.29, 0.717) is 23.7 Å². The summed E-state index contributed by atoms with van der Waals surface area (Å²) >= 11 is 0. The van der Waals surface area contributed by atoms with Gasteiger partial charge in [0, 0.05) is 11.1 Å². The predicted octanol–water partition coefficient (Wildman–Crippen LogP) is 2.08. The highest BCUT2D eigenvalue weighted by molar-refractivity contribution is 5.95. The zero-order chi connectivity index (χ0) is 16.0. The van der Waals surface area contributed by atoms with Gasteiger partial charge in [-0.15, -0.1) is 0 Å². The van der Waals surface area contributed by atoms with Crippen molar-refractivity contribution in [3.63, 3.8) is 0 Å². The summed E-state index contributed by atoms with van der Waals surface area (Å²) in [6.07, 6.45) is -0.160. The van der Waals surface area contributed by atoms with Crippen LogP contribution in [0, 0.1) is 0 Å². The third-order valence-electron chi connectivity index (χ3n) is 2.77. The smallest absolute Gasteiger partial charge is 0.305 e. The van der Waals surface area contributed by atoms with Crippen molar-refractivity contribution in [1.29, 1.82) is 0 Å². The van der Waals surface area contributed by atoms with Gasteiger partial charge in [0.2, 0.25) is 0 Å². The molecule has 2 N–H and O–H groups in total. The van der Waals surface area contributed by atoms with Crippen molar-refractivity contribution in [2.75, 3.05) is 13.7 Å². The minimum absolute atomic E-state index is 0.160. The van der Waals surface area contributed by atoms with Crippen molar-refractivity contribution in [1.82, 2.24) is 5.32 Å². The lowest BCUT2D eigenvalue weighted by Gasteiger charge is -2.24. The Morgan fingerprint density at radius 1 is 1.29 bits per heavy atom. The molecule has 1 aromatic rings. The summed E-state index contributed by atoms with van der Waals surface area (Å²) in [7, 11) is 1.52. The number of aliphatic carboxylic acids is 1. The van der Waals surface area contributed by atoms with Crippen molar-refractivity contribution in [2.24, 2.45) is 0 Å². The van der Waals surface area contributed by atoms with E-state index in [1.807, 2.05) is 6.92 Å². The molecule has 0 bridgehead atoms. The largest absolute Gasteiger partial charge is 0.493 e. The first-order valence-corrected chi connectivity index (χ1v) is 6.64. The number of carbonyl (C=O) groups is 2. The van der Waals surface area contributed by atoms with Gasteiger partial charge >= 0.3 is 5.97 Å². The van der Waals surface area contributed by atoms with E-state index in [0.717, 1.165) is 0 Å². The second-order valence-electron chi connectivity index (χ2n) is 5.21. The van der Waals surface area contributed by atoms with Crippen LogP contribution in [0.1, 0.15) is 37.6 Å². The molecule has 0 aliphatic carbocycles. The first kappa shape index (κ1) is 16.8. The predicted molar refractivity (Wildman–Crippen MR) is 78.0 cm³/mol. The summed E-state index contributed by atoms with van der Waals surface area (Å²) < 4.78 is 10.6. The van der Waals surface area contributed by atoms with Gasteiger partial charge in [-0.1, -0.05) is 0 Å². The van der Waals surface area contributed by atoms with Crippen LogP contribution in [0.5, 0.6) is 11.5 Å². The third kappa shape index (κ3) is 4.98. The lowest BCUT2D eigenvalue weighted by Crippen LogP contribution is -2.44. The molecule has 0 unspecified atom stereocenters. The molecule has 116 valence electrons. The second kappa shape index (κ2) is 6.97. The van der Waals surface area contributed by atoms with Gasteiger partial charge in [0.15, 0.2) is 11.5 Å². The van der Waals surface area contributed by atoms with Crippen LogP contribution in [-0.4, -0.2) is 36.2 Å². The molecular formula is C15H21NO5. The SMILES string of the molecule is CCOc1cc(C(=O)NC(C)(C)CC(=O)O)ccc1OC. The quantitative estimate of drug-likeness (QED) is 0.804. The molecule has 21 heavy (non-hydrogen) atoms. The van der Waals surface area contributed by atoms with Crippen LogP contribution in [0.3, 0.4) is 0 Å². The summed E-state index contributed by atoms with van der Waals surface area (Å²) in [6, 6.07) is 4.83. The van der Waals surface area contributed by atoms with Crippen LogP contribution in [0.25, 0.3) is 0 Å². The molecule has 6 nitrogen and oxygen atoms in total. The average Bonchev–Trinajstić information content (AvgIpc) is 2.36. The highest BCUT2D eigenvalue weighted by Crippen LogP contribution is 2.28. The molecule has 0 saturated heterocycles. The van der Waals surface area contributed by atoms with Crippen molar-refractivity contribution >= 4 is 11.9 Å². The van der Waals surface area contributed by atoms with E-state index >= 15 is 0 Å². The number of nitrogens with one attached hydrogen (secondary N) is 1. The maximum absolute atomic E-state index is 12.2. The number of benzene rings is 1. The number of hydrogen-bond acceptors (Lipinski definition) is 4. The van der Waals surface area contributed by atoms with E-state index in [2.05, 4.69) is 5.32 Å². The monoisotopic (exact) mass is 295 g/mol. The van der Waals surface area contributed by atoms with Crippen LogP contribution in [0.15, 0.2) is 18.2 Å². The van der Waals surface area contributed by atoms with E-state index in [1.165, 1.54) is 7.11 Å². The van der Waals surface area contributed by atoms with Crippen molar-refractivity contribution in [3.8, 4) is 11.5 Å². The van der Waals surface area contributed by atoms with Gasteiger partial charge in [-0.25, -0.2) is 0 Å². The third-order valence-corrected chi connectivity index (χ3v) is 2.77. The van der Waals surface area contributed by atoms with Gasteiger partial charge in [-0.2, -0.15) is 0 Å². The first-order valence-electron chi connectivity index (χ1n) is 6.64. The fourth-order valence-corrected chi connectivity index (χ4v) is 1.89. The number of carboxylic acid groups (broad SMARTS) is 1. The zero-order valence-corrected chi connectivity index (χ0v) is 12.7. The zero-order valence-electron chi connectivity index (χ0n) is 12.7. The number of hydrogen-bond donors (Lipinski definition) is 2. The Bertz CT molecular complexity index is 525. The molecule has 0 atom stereocenters. The number of ether oxygens (including phenoxy) is 2. The molecule has 0 heterocycles. The van der Waals surface area contributed by atoms with E-state index in [9.17, 15) is 9.59 Å². The Labute approximate surface area is 124 Å². The topological polar surface area (TPSA) is 84.9 Å². The molecular weight excluding hydrogens is 274 g/mol. The summed E-state index contributed by atoms with van der Waals surface area (Å²) in [4.78, 5) is 23.0. The molecule has 0 radical (unpaired) electrons. The van der Waals surface area contributed by atoms with Gasteiger partial charge in [0.25, 0.3) is 5.91 Å². The molecule has 1 rings (SSSR count). The molecule has 0 saturated carbocycles. The van der Waals surface area contributed by atoms with Crippen LogP contribution < -0.4 is 14.8 Å². The fraction of sp³-hybridized carbons (Fsp3) is 0.467. The van der Waals surface area contributed by atoms with Gasteiger partial charge < -0.3 is 19.9 Å². The van der Waals surface area contributed by atoms with Crippen LogP contribution in [0.4, 0.5) is 0 Å². The number of methoxy groups -OCH3 is 1. The molecule has 0 spiro atoms. The minimum atomic E-state index is -0.968. The number of carboxylic acids is 1. The van der Waals surface area contributed by atoms with Crippen molar-refractivity contribution < 1.29 is 24.2 Å². The lowest BCUT2D eigenvalue weighted by atomic mass is 10.00. The number of rotatable bonds is 7. The molecule has 0 aliphatic heterocycles. The highest BCUT2D eigenvalue weighted by Gasteiger charge is 2.24. The van der Waals surface area contributed by atoms with Crippen molar-refractivity contribution in [3.05, 3.63) is 23.8 Å². The lowest BCUT2D eigenvalue weighted by molar-refractivity contribution is -0.138. The molecule has 0 fully saturated rings. The number of amides is 1. The molecule has 6 heteroatoms. The Balaban J connectivity index is 2.92. The summed E-state index contributed by atoms with van der Waals surface area (Å²) in [5.41, 5.74) is -0.452. The van der Waals surface area contributed by atoms with E-state index in [1.54, 1.807) is 32.0 Å². The molecule has 1 aromatic carbocycles. The summed E-state index contributed by atoms with van der Waals surface area (Å²) in [6.45, 7) is 5.60. The average molecular weight is 295 g/mol.